The lowest BCUT2D eigenvalue weighted by atomic mass is 9.99. The summed E-state index contributed by atoms with van der Waals surface area (Å²) in [5.74, 6) is -0.994. The summed E-state index contributed by atoms with van der Waals surface area (Å²) in [5, 5.41) is 47.4. The average molecular weight is 330 g/mol. The van der Waals surface area contributed by atoms with Crippen molar-refractivity contribution in [3.05, 3.63) is 23.8 Å². The van der Waals surface area contributed by atoms with Gasteiger partial charge < -0.3 is 39.7 Å². The molecule has 0 aromatic heterocycles. The quantitative estimate of drug-likeness (QED) is 0.438. The maximum atomic E-state index is 10.9. The molecule has 0 aliphatic carbocycles. The molecule has 1 aromatic rings. The molecular weight excluding hydrogens is 312 g/mol. The summed E-state index contributed by atoms with van der Waals surface area (Å²) in [4.78, 5) is 10.9. The van der Waals surface area contributed by atoms with Gasteiger partial charge >= 0.3 is 5.97 Å². The first-order chi connectivity index (χ1) is 10.9. The van der Waals surface area contributed by atoms with Crippen LogP contribution in [0.15, 0.2) is 18.2 Å². The zero-order valence-electron chi connectivity index (χ0n) is 12.2. The highest BCUT2D eigenvalue weighted by atomic mass is 16.7. The fourth-order valence-corrected chi connectivity index (χ4v) is 2.19. The second-order valence-corrected chi connectivity index (χ2v) is 4.99. The van der Waals surface area contributed by atoms with Crippen LogP contribution in [0.2, 0.25) is 0 Å². The number of benzene rings is 1. The first-order valence-electron chi connectivity index (χ1n) is 6.77. The monoisotopic (exact) mass is 330 g/mol. The van der Waals surface area contributed by atoms with Gasteiger partial charge in [0.05, 0.1) is 19.3 Å². The topological polar surface area (TPSA) is 146 Å². The number of aromatic carboxylic acids is 1. The van der Waals surface area contributed by atoms with Crippen LogP contribution >= 0.6 is 0 Å². The van der Waals surface area contributed by atoms with Crippen molar-refractivity contribution in [1.29, 1.82) is 0 Å². The maximum absolute atomic E-state index is 10.9. The van der Waals surface area contributed by atoms with Gasteiger partial charge in [-0.1, -0.05) is 0 Å². The van der Waals surface area contributed by atoms with Gasteiger partial charge in [0.25, 0.3) is 0 Å². The summed E-state index contributed by atoms with van der Waals surface area (Å²) in [6, 6.07) is 3.80. The third kappa shape index (κ3) is 3.54. The van der Waals surface area contributed by atoms with Gasteiger partial charge in [-0.25, -0.2) is 4.79 Å². The Hall–Kier alpha value is -1.91. The Bertz CT molecular complexity index is 559. The molecule has 1 saturated heterocycles. The van der Waals surface area contributed by atoms with E-state index < -0.39 is 43.3 Å². The Morgan fingerprint density at radius 2 is 1.87 bits per heavy atom. The summed E-state index contributed by atoms with van der Waals surface area (Å²) in [6.45, 7) is -0.583. The fraction of sp³-hybridized carbons (Fsp3) is 0.500. The van der Waals surface area contributed by atoms with Crippen LogP contribution in [0, 0.1) is 0 Å². The number of rotatable bonds is 5. The molecule has 23 heavy (non-hydrogen) atoms. The molecule has 1 fully saturated rings. The fourth-order valence-electron chi connectivity index (χ4n) is 2.19. The van der Waals surface area contributed by atoms with Crippen molar-refractivity contribution in [2.75, 3.05) is 13.7 Å². The zero-order chi connectivity index (χ0) is 17.1. The Kier molecular flexibility index (Phi) is 5.39. The molecular formula is C14H18O9. The van der Waals surface area contributed by atoms with E-state index in [1.54, 1.807) is 0 Å². The second kappa shape index (κ2) is 7.11. The number of carbonyl (C=O) groups is 1. The summed E-state index contributed by atoms with van der Waals surface area (Å²) in [7, 11) is 1.31. The molecule has 1 heterocycles. The van der Waals surface area contributed by atoms with Crippen molar-refractivity contribution in [1.82, 2.24) is 0 Å². The summed E-state index contributed by atoms with van der Waals surface area (Å²) >= 11 is 0. The lowest BCUT2D eigenvalue weighted by Crippen LogP contribution is -2.60. The molecule has 0 unspecified atom stereocenters. The highest BCUT2D eigenvalue weighted by Gasteiger charge is 2.44. The predicted octanol–water partition coefficient (Wildman–Crippen LogP) is -1.43. The summed E-state index contributed by atoms with van der Waals surface area (Å²) in [6.07, 6.45) is -7.13. The van der Waals surface area contributed by atoms with Crippen LogP contribution in [0.1, 0.15) is 10.4 Å². The lowest BCUT2D eigenvalue weighted by molar-refractivity contribution is -0.277. The highest BCUT2D eigenvalue weighted by molar-refractivity contribution is 5.88. The van der Waals surface area contributed by atoms with Crippen molar-refractivity contribution in [2.24, 2.45) is 0 Å². The van der Waals surface area contributed by atoms with Crippen LogP contribution < -0.4 is 9.47 Å². The van der Waals surface area contributed by atoms with Crippen LogP contribution in [0.25, 0.3) is 0 Å². The molecule has 0 saturated carbocycles. The first kappa shape index (κ1) is 17.4. The van der Waals surface area contributed by atoms with Crippen molar-refractivity contribution in [3.63, 3.8) is 0 Å². The number of carboxylic acid groups (broad SMARTS) is 1. The normalized spacial score (nSPS) is 30.7. The Morgan fingerprint density at radius 3 is 2.43 bits per heavy atom. The third-order valence-electron chi connectivity index (χ3n) is 3.50. The van der Waals surface area contributed by atoms with Crippen molar-refractivity contribution >= 4 is 5.97 Å². The molecule has 1 aliphatic heterocycles. The van der Waals surface area contributed by atoms with Gasteiger partial charge in [-0.3, -0.25) is 0 Å². The predicted molar refractivity (Wildman–Crippen MR) is 74.3 cm³/mol. The number of carboxylic acids is 1. The van der Waals surface area contributed by atoms with E-state index in [-0.39, 0.29) is 17.1 Å². The molecule has 0 spiro atoms. The molecule has 0 bridgehead atoms. The molecule has 9 heteroatoms. The Morgan fingerprint density at radius 1 is 1.17 bits per heavy atom. The third-order valence-corrected chi connectivity index (χ3v) is 3.50. The molecule has 0 amide bonds. The standard InChI is InChI=1S/C14H18O9/c1-21-8-4-6(13(19)20)2-3-7(8)22-14-12(18)11(17)10(16)9(5-15)23-14/h2-4,9-12,14-18H,5H2,1H3,(H,19,20)/t9-,10+,11+,12-,14-/m1/s1. The number of aliphatic hydroxyl groups excluding tert-OH is 4. The average Bonchev–Trinajstić information content (AvgIpc) is 2.55. The van der Waals surface area contributed by atoms with E-state index in [0.29, 0.717) is 0 Å². The number of methoxy groups -OCH3 is 1. The first-order valence-corrected chi connectivity index (χ1v) is 6.77. The van der Waals surface area contributed by atoms with Crippen molar-refractivity contribution in [3.8, 4) is 11.5 Å². The SMILES string of the molecule is COc1cc(C(=O)O)ccc1O[C@@H]1O[C@H](CO)[C@H](O)[C@H](O)[C@H]1O. The molecule has 1 aromatic carbocycles. The molecule has 5 N–H and O–H groups in total. The minimum Gasteiger partial charge on any atom is -0.493 e. The smallest absolute Gasteiger partial charge is 0.335 e. The zero-order valence-corrected chi connectivity index (χ0v) is 12.2. The van der Waals surface area contributed by atoms with Gasteiger partial charge in [-0.15, -0.1) is 0 Å². The Labute approximate surface area is 131 Å². The van der Waals surface area contributed by atoms with E-state index in [1.807, 2.05) is 0 Å². The molecule has 128 valence electrons. The van der Waals surface area contributed by atoms with Crippen LogP contribution in [0.3, 0.4) is 0 Å². The molecule has 0 radical (unpaired) electrons. The molecule has 9 nitrogen and oxygen atoms in total. The van der Waals surface area contributed by atoms with Gasteiger partial charge in [-0.2, -0.15) is 0 Å². The van der Waals surface area contributed by atoms with Crippen LogP contribution in [-0.4, -0.2) is 75.9 Å². The van der Waals surface area contributed by atoms with Crippen LogP contribution in [0.4, 0.5) is 0 Å². The number of hydrogen-bond donors (Lipinski definition) is 5. The van der Waals surface area contributed by atoms with Gasteiger partial charge in [-0.05, 0) is 18.2 Å². The number of hydrogen-bond acceptors (Lipinski definition) is 8. The van der Waals surface area contributed by atoms with E-state index >= 15 is 0 Å². The number of ether oxygens (including phenoxy) is 3. The molecule has 1 aliphatic rings. The van der Waals surface area contributed by atoms with Gasteiger partial charge in [0.2, 0.25) is 6.29 Å². The van der Waals surface area contributed by atoms with Crippen molar-refractivity contribution < 1.29 is 44.5 Å². The maximum Gasteiger partial charge on any atom is 0.335 e. The summed E-state index contributed by atoms with van der Waals surface area (Å²) < 4.78 is 15.6. The van der Waals surface area contributed by atoms with E-state index in [1.165, 1.54) is 25.3 Å². The minimum atomic E-state index is -1.57. The molecule has 5 atom stereocenters. The van der Waals surface area contributed by atoms with E-state index in [0.717, 1.165) is 0 Å². The van der Waals surface area contributed by atoms with Crippen molar-refractivity contribution in [2.45, 2.75) is 30.7 Å². The van der Waals surface area contributed by atoms with Gasteiger partial charge in [0, 0.05) is 0 Å². The highest BCUT2D eigenvalue weighted by Crippen LogP contribution is 2.31. The van der Waals surface area contributed by atoms with E-state index in [4.69, 9.17) is 24.4 Å². The van der Waals surface area contributed by atoms with Crippen LogP contribution in [0.5, 0.6) is 11.5 Å². The Balaban J connectivity index is 2.22. The van der Waals surface area contributed by atoms with E-state index in [9.17, 15) is 20.1 Å². The largest absolute Gasteiger partial charge is 0.493 e. The van der Waals surface area contributed by atoms with E-state index in [2.05, 4.69) is 0 Å². The van der Waals surface area contributed by atoms with Gasteiger partial charge in [0.1, 0.15) is 24.4 Å². The minimum absolute atomic E-state index is 0.0250. The second-order valence-electron chi connectivity index (χ2n) is 4.99. The number of aliphatic hydroxyl groups is 4. The summed E-state index contributed by atoms with van der Waals surface area (Å²) in [5.41, 5.74) is -0.0250. The van der Waals surface area contributed by atoms with Gasteiger partial charge in [0.15, 0.2) is 11.5 Å². The van der Waals surface area contributed by atoms with Crippen LogP contribution in [-0.2, 0) is 4.74 Å². The molecule has 2 rings (SSSR count). The lowest BCUT2D eigenvalue weighted by Gasteiger charge is -2.39.